The predicted octanol–water partition coefficient (Wildman–Crippen LogP) is 2.51. The summed E-state index contributed by atoms with van der Waals surface area (Å²) in [6.45, 7) is 0.919. The molecule has 0 bridgehead atoms. The summed E-state index contributed by atoms with van der Waals surface area (Å²) in [4.78, 5) is 37.2. The fraction of sp³-hybridized carbons (Fsp3) is 0.278. The van der Waals surface area contributed by atoms with Gasteiger partial charge in [-0.3, -0.25) is 14.4 Å². The lowest BCUT2D eigenvalue weighted by molar-refractivity contribution is -0.137. The maximum Gasteiger partial charge on any atom is 0.418 e. The quantitative estimate of drug-likeness (QED) is 0.784. The zero-order chi connectivity index (χ0) is 20.9. The number of hydrogen-bond donors (Lipinski definition) is 2. The predicted molar refractivity (Wildman–Crippen MR) is 93.3 cm³/mol. The number of furan rings is 1. The van der Waals surface area contributed by atoms with Gasteiger partial charge in [0.25, 0.3) is 5.91 Å². The van der Waals surface area contributed by atoms with E-state index in [4.69, 9.17) is 4.42 Å². The Morgan fingerprint density at radius 2 is 1.82 bits per heavy atom. The molecule has 7 nitrogen and oxygen atoms in total. The summed E-state index contributed by atoms with van der Waals surface area (Å²) in [7, 11) is 1.30. The van der Waals surface area contributed by atoms with Gasteiger partial charge >= 0.3 is 6.18 Å². The molecule has 1 atom stereocenters. The van der Waals surface area contributed by atoms with Gasteiger partial charge in [0.1, 0.15) is 6.04 Å². The molecule has 2 rings (SSSR count). The molecule has 0 aliphatic rings. The highest BCUT2D eigenvalue weighted by Gasteiger charge is 2.33. The molecule has 0 fully saturated rings. The number of alkyl halides is 3. The van der Waals surface area contributed by atoms with E-state index in [1.54, 1.807) is 0 Å². The first-order chi connectivity index (χ1) is 13.1. The van der Waals surface area contributed by atoms with Crippen molar-refractivity contribution in [2.75, 3.05) is 18.9 Å². The first-order valence-electron chi connectivity index (χ1n) is 8.15. The molecule has 150 valence electrons. The average Bonchev–Trinajstić information content (AvgIpc) is 3.15. The number of para-hydroxylation sites is 1. The van der Waals surface area contributed by atoms with Crippen molar-refractivity contribution >= 4 is 23.4 Å². The highest BCUT2D eigenvalue weighted by atomic mass is 19.4. The van der Waals surface area contributed by atoms with Crippen LogP contribution < -0.4 is 10.6 Å². The standard InChI is InChI=1S/C18H18F3N3O4/c1-11(22-16(26)14-8-5-9-28-14)17(27)24(2)10-15(25)23-13-7-4-3-6-12(13)18(19,20)21/h3-9,11H,10H2,1-2H3,(H,22,26)(H,23,25)/t11-/m0/s1. The average molecular weight is 397 g/mol. The van der Waals surface area contributed by atoms with Crippen molar-refractivity contribution in [3.05, 3.63) is 54.0 Å². The lowest BCUT2D eigenvalue weighted by Crippen LogP contribution is -2.47. The summed E-state index contributed by atoms with van der Waals surface area (Å²) < 4.78 is 43.8. The molecular weight excluding hydrogens is 379 g/mol. The van der Waals surface area contributed by atoms with Crippen molar-refractivity contribution in [2.24, 2.45) is 0 Å². The van der Waals surface area contributed by atoms with Crippen LogP contribution >= 0.6 is 0 Å². The van der Waals surface area contributed by atoms with Crippen molar-refractivity contribution in [3.63, 3.8) is 0 Å². The fourth-order valence-electron chi connectivity index (χ4n) is 2.39. The Labute approximate surface area is 158 Å². The van der Waals surface area contributed by atoms with Gasteiger partial charge in [0.15, 0.2) is 5.76 Å². The molecule has 28 heavy (non-hydrogen) atoms. The molecule has 3 amide bonds. The highest BCUT2D eigenvalue weighted by molar-refractivity contribution is 5.98. The van der Waals surface area contributed by atoms with Gasteiger partial charge in [-0.2, -0.15) is 13.2 Å². The molecule has 0 aliphatic carbocycles. The molecule has 0 saturated carbocycles. The van der Waals surface area contributed by atoms with E-state index in [0.29, 0.717) is 0 Å². The fourth-order valence-corrected chi connectivity index (χ4v) is 2.39. The number of nitrogens with zero attached hydrogens (tertiary/aromatic N) is 1. The van der Waals surface area contributed by atoms with Crippen LogP contribution in [0, 0.1) is 0 Å². The SMILES string of the molecule is C[C@H](NC(=O)c1ccco1)C(=O)N(C)CC(=O)Nc1ccccc1C(F)(F)F. The second-order valence-electron chi connectivity index (χ2n) is 5.96. The molecule has 0 unspecified atom stereocenters. The van der Waals surface area contributed by atoms with E-state index in [1.165, 1.54) is 44.5 Å². The molecule has 1 aromatic heterocycles. The van der Waals surface area contributed by atoms with Crippen molar-refractivity contribution in [1.82, 2.24) is 10.2 Å². The molecule has 0 aliphatic heterocycles. The number of nitrogens with one attached hydrogen (secondary N) is 2. The molecule has 1 heterocycles. The Morgan fingerprint density at radius 1 is 1.14 bits per heavy atom. The van der Waals surface area contributed by atoms with Gasteiger partial charge in [0, 0.05) is 7.05 Å². The van der Waals surface area contributed by atoms with Crippen LogP contribution in [0.1, 0.15) is 23.0 Å². The maximum absolute atomic E-state index is 13.0. The minimum absolute atomic E-state index is 0.0174. The van der Waals surface area contributed by atoms with Gasteiger partial charge in [-0.1, -0.05) is 12.1 Å². The first-order valence-corrected chi connectivity index (χ1v) is 8.15. The molecule has 0 radical (unpaired) electrons. The number of carbonyl (C=O) groups is 3. The van der Waals surface area contributed by atoms with Crippen LogP contribution in [0.15, 0.2) is 47.1 Å². The Kier molecular flexibility index (Phi) is 6.45. The highest BCUT2D eigenvalue weighted by Crippen LogP contribution is 2.34. The van der Waals surface area contributed by atoms with Gasteiger partial charge in [-0.25, -0.2) is 0 Å². The lowest BCUT2D eigenvalue weighted by Gasteiger charge is -2.22. The smallest absolute Gasteiger partial charge is 0.418 e. The van der Waals surface area contributed by atoms with Crippen LogP contribution in [0.5, 0.6) is 0 Å². The number of hydrogen-bond acceptors (Lipinski definition) is 4. The molecule has 1 aromatic carbocycles. The van der Waals surface area contributed by atoms with E-state index >= 15 is 0 Å². The molecule has 0 spiro atoms. The van der Waals surface area contributed by atoms with Crippen LogP contribution in [-0.2, 0) is 15.8 Å². The number of carbonyl (C=O) groups excluding carboxylic acids is 3. The zero-order valence-electron chi connectivity index (χ0n) is 15.0. The van der Waals surface area contributed by atoms with Crippen molar-refractivity contribution in [2.45, 2.75) is 19.1 Å². The number of amides is 3. The number of halogens is 3. The number of benzene rings is 1. The third kappa shape index (κ3) is 5.35. The van der Waals surface area contributed by atoms with E-state index in [0.717, 1.165) is 17.0 Å². The Hall–Kier alpha value is -3.30. The Bertz CT molecular complexity index is 850. The summed E-state index contributed by atoms with van der Waals surface area (Å²) in [5, 5.41) is 4.56. The summed E-state index contributed by atoms with van der Waals surface area (Å²) in [6.07, 6.45) is -3.33. The number of likely N-dealkylation sites (N-methyl/N-ethyl adjacent to an activating group) is 1. The molecule has 2 aromatic rings. The Morgan fingerprint density at radius 3 is 2.43 bits per heavy atom. The summed E-state index contributed by atoms with van der Waals surface area (Å²) in [5.74, 6) is -2.00. The van der Waals surface area contributed by atoms with E-state index < -0.39 is 47.7 Å². The van der Waals surface area contributed by atoms with Gasteiger partial charge in [-0.15, -0.1) is 0 Å². The van der Waals surface area contributed by atoms with Gasteiger partial charge in [-0.05, 0) is 31.2 Å². The van der Waals surface area contributed by atoms with Crippen molar-refractivity contribution < 1.29 is 32.0 Å². The number of rotatable bonds is 6. The van der Waals surface area contributed by atoms with E-state index in [9.17, 15) is 27.6 Å². The third-order valence-corrected chi connectivity index (χ3v) is 3.73. The first kappa shape index (κ1) is 21.0. The van der Waals surface area contributed by atoms with E-state index in [-0.39, 0.29) is 5.76 Å². The monoisotopic (exact) mass is 397 g/mol. The molecule has 2 N–H and O–H groups in total. The van der Waals surface area contributed by atoms with Gasteiger partial charge in [0.2, 0.25) is 11.8 Å². The maximum atomic E-state index is 13.0. The zero-order valence-corrected chi connectivity index (χ0v) is 15.0. The minimum Gasteiger partial charge on any atom is -0.459 e. The van der Waals surface area contributed by atoms with Crippen LogP contribution in [-0.4, -0.2) is 42.3 Å². The van der Waals surface area contributed by atoms with Gasteiger partial charge in [0.05, 0.1) is 24.1 Å². The topological polar surface area (TPSA) is 91.7 Å². The van der Waals surface area contributed by atoms with Crippen molar-refractivity contribution in [3.8, 4) is 0 Å². The minimum atomic E-state index is -4.63. The number of anilines is 1. The van der Waals surface area contributed by atoms with Crippen molar-refractivity contribution in [1.29, 1.82) is 0 Å². The van der Waals surface area contributed by atoms with Gasteiger partial charge < -0.3 is 20.0 Å². The van der Waals surface area contributed by atoms with Crippen LogP contribution in [0.3, 0.4) is 0 Å². The van der Waals surface area contributed by atoms with E-state index in [2.05, 4.69) is 10.6 Å². The molecule has 10 heteroatoms. The van der Waals surface area contributed by atoms with E-state index in [1.807, 2.05) is 0 Å². The second-order valence-corrected chi connectivity index (χ2v) is 5.96. The third-order valence-electron chi connectivity index (χ3n) is 3.73. The second kappa shape index (κ2) is 8.59. The molecule has 0 saturated heterocycles. The lowest BCUT2D eigenvalue weighted by atomic mass is 10.1. The normalized spacial score (nSPS) is 12.2. The van der Waals surface area contributed by atoms with Crippen LogP contribution in [0.2, 0.25) is 0 Å². The van der Waals surface area contributed by atoms with Crippen LogP contribution in [0.25, 0.3) is 0 Å². The summed E-state index contributed by atoms with van der Waals surface area (Å²) in [5.41, 5.74) is -1.39. The largest absolute Gasteiger partial charge is 0.459 e. The summed E-state index contributed by atoms with van der Waals surface area (Å²) in [6, 6.07) is 6.48. The van der Waals surface area contributed by atoms with Crippen LogP contribution in [0.4, 0.5) is 18.9 Å². The Balaban J connectivity index is 1.95. The molecular formula is C18H18F3N3O4. The summed E-state index contributed by atoms with van der Waals surface area (Å²) >= 11 is 0.